The second-order valence-corrected chi connectivity index (χ2v) is 6.27. The Morgan fingerprint density at radius 1 is 1.17 bits per heavy atom. The number of ether oxygens (including phenoxy) is 3. The number of nitrogens with zero attached hydrogens (tertiary/aromatic N) is 1. The molecule has 0 aliphatic carbocycles. The first-order valence-corrected chi connectivity index (χ1v) is 9.17. The van der Waals surface area contributed by atoms with E-state index in [1.165, 1.54) is 14.2 Å². The third kappa shape index (κ3) is 4.84. The quantitative estimate of drug-likeness (QED) is 0.780. The molecule has 8 nitrogen and oxygen atoms in total. The van der Waals surface area contributed by atoms with Gasteiger partial charge in [-0.05, 0) is 25.1 Å². The molecule has 0 saturated heterocycles. The van der Waals surface area contributed by atoms with E-state index >= 15 is 0 Å². The number of aliphatic imine (C=N–C) groups is 1. The number of rotatable bonds is 6. The Bertz CT molecular complexity index is 919. The van der Waals surface area contributed by atoms with Crippen LogP contribution in [0.3, 0.4) is 0 Å². The first-order valence-electron chi connectivity index (χ1n) is 9.17. The average molecular weight is 397 g/mol. The van der Waals surface area contributed by atoms with E-state index in [-0.39, 0.29) is 18.3 Å². The highest BCUT2D eigenvalue weighted by Crippen LogP contribution is 2.31. The second kappa shape index (κ2) is 9.09. The van der Waals surface area contributed by atoms with Crippen LogP contribution in [0, 0.1) is 0 Å². The predicted molar refractivity (Wildman–Crippen MR) is 108 cm³/mol. The standard InChI is InChI=1S/C21H23N3O5/c1-4-29-18-8-6-5-7-16(18)17-12-19(25)23-21(22-17)24-20(26)13-9-14(27-2)11-15(10-13)28-3/h5-11,17H,4,12H2,1-3H3,(H2,22,23,24,25,26). The number of nitrogens with one attached hydrogen (secondary N) is 2. The van der Waals surface area contributed by atoms with Gasteiger partial charge in [0.1, 0.15) is 17.2 Å². The van der Waals surface area contributed by atoms with Gasteiger partial charge in [0.15, 0.2) is 0 Å². The van der Waals surface area contributed by atoms with E-state index in [9.17, 15) is 9.59 Å². The van der Waals surface area contributed by atoms with E-state index in [2.05, 4.69) is 15.6 Å². The van der Waals surface area contributed by atoms with Crippen LogP contribution >= 0.6 is 0 Å². The van der Waals surface area contributed by atoms with Crippen LogP contribution in [0.4, 0.5) is 0 Å². The maximum absolute atomic E-state index is 12.7. The number of carbonyl (C=O) groups is 2. The number of para-hydroxylation sites is 1. The summed E-state index contributed by atoms with van der Waals surface area (Å²) in [6.45, 7) is 2.39. The summed E-state index contributed by atoms with van der Waals surface area (Å²) in [6.07, 6.45) is 0.163. The molecule has 2 aromatic carbocycles. The second-order valence-electron chi connectivity index (χ2n) is 6.27. The van der Waals surface area contributed by atoms with Gasteiger partial charge in [0.2, 0.25) is 11.9 Å². The van der Waals surface area contributed by atoms with E-state index in [1.54, 1.807) is 18.2 Å². The predicted octanol–water partition coefficient (Wildman–Crippen LogP) is 2.45. The fraction of sp³-hybridized carbons (Fsp3) is 0.286. The molecular formula is C21H23N3O5. The number of carbonyl (C=O) groups excluding carboxylic acids is 2. The van der Waals surface area contributed by atoms with Gasteiger partial charge in [-0.25, -0.2) is 4.99 Å². The number of benzene rings is 2. The van der Waals surface area contributed by atoms with Gasteiger partial charge in [0.25, 0.3) is 5.91 Å². The van der Waals surface area contributed by atoms with E-state index in [4.69, 9.17) is 14.2 Å². The molecule has 0 spiro atoms. The Labute approximate surface area is 168 Å². The highest BCUT2D eigenvalue weighted by molar-refractivity contribution is 6.10. The molecule has 29 heavy (non-hydrogen) atoms. The molecule has 0 saturated carbocycles. The molecule has 1 aliphatic rings. The van der Waals surface area contributed by atoms with Gasteiger partial charge in [-0.1, -0.05) is 18.2 Å². The lowest BCUT2D eigenvalue weighted by Crippen LogP contribution is -2.47. The van der Waals surface area contributed by atoms with Crippen LogP contribution < -0.4 is 24.8 Å². The van der Waals surface area contributed by atoms with Crippen LogP contribution in [0.2, 0.25) is 0 Å². The molecule has 0 aromatic heterocycles. The van der Waals surface area contributed by atoms with Crippen molar-refractivity contribution in [2.75, 3.05) is 20.8 Å². The van der Waals surface area contributed by atoms with E-state index in [1.807, 2.05) is 31.2 Å². The van der Waals surface area contributed by atoms with Crippen LogP contribution in [-0.4, -0.2) is 38.6 Å². The van der Waals surface area contributed by atoms with Crippen LogP contribution in [0.5, 0.6) is 17.2 Å². The van der Waals surface area contributed by atoms with Crippen molar-refractivity contribution in [1.82, 2.24) is 10.6 Å². The Morgan fingerprint density at radius 3 is 2.52 bits per heavy atom. The molecule has 2 N–H and O–H groups in total. The third-order valence-corrected chi connectivity index (χ3v) is 4.34. The smallest absolute Gasteiger partial charge is 0.258 e. The van der Waals surface area contributed by atoms with Crippen molar-refractivity contribution in [1.29, 1.82) is 0 Å². The number of hydrogen-bond acceptors (Lipinski definition) is 6. The van der Waals surface area contributed by atoms with Gasteiger partial charge in [-0.3, -0.25) is 20.2 Å². The van der Waals surface area contributed by atoms with Crippen molar-refractivity contribution >= 4 is 17.8 Å². The molecule has 0 radical (unpaired) electrons. The SMILES string of the molecule is CCOc1ccccc1C1CC(=O)NC(NC(=O)c2cc(OC)cc(OC)c2)=N1. The van der Waals surface area contributed by atoms with E-state index < -0.39 is 11.9 Å². The highest BCUT2D eigenvalue weighted by atomic mass is 16.5. The van der Waals surface area contributed by atoms with Crippen molar-refractivity contribution in [2.45, 2.75) is 19.4 Å². The average Bonchev–Trinajstić information content (AvgIpc) is 2.73. The highest BCUT2D eigenvalue weighted by Gasteiger charge is 2.26. The summed E-state index contributed by atoms with van der Waals surface area (Å²) in [5.74, 6) is 1.03. The molecule has 0 fully saturated rings. The van der Waals surface area contributed by atoms with Gasteiger partial charge >= 0.3 is 0 Å². The molecule has 8 heteroatoms. The Kier molecular flexibility index (Phi) is 6.33. The maximum atomic E-state index is 12.7. The zero-order chi connectivity index (χ0) is 20.8. The summed E-state index contributed by atoms with van der Waals surface area (Å²) >= 11 is 0. The number of methoxy groups -OCH3 is 2. The number of guanidine groups is 1. The molecule has 2 amide bonds. The van der Waals surface area contributed by atoms with E-state index in [0.29, 0.717) is 29.4 Å². The van der Waals surface area contributed by atoms with Gasteiger partial charge < -0.3 is 14.2 Å². The van der Waals surface area contributed by atoms with Crippen LogP contribution in [0.1, 0.15) is 35.3 Å². The molecule has 1 atom stereocenters. The first kappa shape index (κ1) is 20.2. The summed E-state index contributed by atoms with van der Waals surface area (Å²) in [5.41, 5.74) is 1.11. The topological polar surface area (TPSA) is 98.3 Å². The normalized spacial score (nSPS) is 15.8. The van der Waals surface area contributed by atoms with Crippen molar-refractivity contribution in [3.8, 4) is 17.2 Å². The first-order chi connectivity index (χ1) is 14.0. The molecule has 0 bridgehead atoms. The molecule has 1 aliphatic heterocycles. The maximum Gasteiger partial charge on any atom is 0.258 e. The Hall–Kier alpha value is -3.55. The lowest BCUT2D eigenvalue weighted by atomic mass is 10.0. The minimum Gasteiger partial charge on any atom is -0.497 e. The minimum atomic E-state index is -0.457. The lowest BCUT2D eigenvalue weighted by Gasteiger charge is -2.23. The van der Waals surface area contributed by atoms with Gasteiger partial charge in [-0.15, -0.1) is 0 Å². The van der Waals surface area contributed by atoms with Gasteiger partial charge in [0, 0.05) is 17.2 Å². The summed E-state index contributed by atoms with van der Waals surface area (Å²) in [4.78, 5) is 29.4. The molecule has 1 unspecified atom stereocenters. The molecule has 152 valence electrons. The summed E-state index contributed by atoms with van der Waals surface area (Å²) in [5, 5.41) is 5.25. The molecule has 2 aromatic rings. The summed E-state index contributed by atoms with van der Waals surface area (Å²) in [7, 11) is 3.00. The van der Waals surface area contributed by atoms with Crippen molar-refractivity contribution in [3.63, 3.8) is 0 Å². The Morgan fingerprint density at radius 2 is 1.86 bits per heavy atom. The van der Waals surface area contributed by atoms with Crippen LogP contribution in [0.25, 0.3) is 0 Å². The van der Waals surface area contributed by atoms with Crippen molar-refractivity contribution in [2.24, 2.45) is 4.99 Å². The summed E-state index contributed by atoms with van der Waals surface area (Å²) in [6, 6.07) is 11.8. The van der Waals surface area contributed by atoms with E-state index in [0.717, 1.165) is 5.56 Å². The monoisotopic (exact) mass is 397 g/mol. The largest absolute Gasteiger partial charge is 0.497 e. The van der Waals surface area contributed by atoms with Gasteiger partial charge in [0.05, 0.1) is 33.3 Å². The zero-order valence-electron chi connectivity index (χ0n) is 16.5. The molecule has 3 rings (SSSR count). The third-order valence-electron chi connectivity index (χ3n) is 4.34. The Balaban J connectivity index is 1.85. The fourth-order valence-electron chi connectivity index (χ4n) is 3.00. The molecule has 1 heterocycles. The van der Waals surface area contributed by atoms with Crippen LogP contribution in [0.15, 0.2) is 47.5 Å². The summed E-state index contributed by atoms with van der Waals surface area (Å²) < 4.78 is 16.0. The van der Waals surface area contributed by atoms with Crippen LogP contribution in [-0.2, 0) is 4.79 Å². The molecular weight excluding hydrogens is 374 g/mol. The number of hydrogen-bond donors (Lipinski definition) is 2. The zero-order valence-corrected chi connectivity index (χ0v) is 16.5. The fourth-order valence-corrected chi connectivity index (χ4v) is 3.00. The minimum absolute atomic E-state index is 0.0874. The van der Waals surface area contributed by atoms with Crippen molar-refractivity contribution < 1.29 is 23.8 Å². The number of amides is 2. The van der Waals surface area contributed by atoms with Gasteiger partial charge in [-0.2, -0.15) is 0 Å². The van der Waals surface area contributed by atoms with Crippen molar-refractivity contribution in [3.05, 3.63) is 53.6 Å². The lowest BCUT2D eigenvalue weighted by molar-refractivity contribution is -0.120.